The Morgan fingerprint density at radius 3 is 2.48 bits per heavy atom. The number of hydrogen-bond acceptors (Lipinski definition) is 2. The van der Waals surface area contributed by atoms with Gasteiger partial charge in [-0.2, -0.15) is 0 Å². The van der Waals surface area contributed by atoms with Gasteiger partial charge in [-0.3, -0.25) is 9.69 Å². The molecular formula is C18H23NO2. The van der Waals surface area contributed by atoms with Gasteiger partial charge in [0.25, 0.3) is 0 Å². The van der Waals surface area contributed by atoms with Gasteiger partial charge in [-0.1, -0.05) is 56.3 Å². The van der Waals surface area contributed by atoms with Crippen molar-refractivity contribution < 1.29 is 9.90 Å². The maximum absolute atomic E-state index is 11.1. The molecule has 0 radical (unpaired) electrons. The number of carboxylic acid groups (broad SMARTS) is 1. The van der Waals surface area contributed by atoms with Crippen LogP contribution in [0.15, 0.2) is 42.5 Å². The molecule has 0 bridgehead atoms. The number of hydrogen-bond donors (Lipinski definition) is 1. The van der Waals surface area contributed by atoms with Gasteiger partial charge in [0.2, 0.25) is 0 Å². The fourth-order valence-electron chi connectivity index (χ4n) is 2.80. The second-order valence-corrected chi connectivity index (χ2v) is 5.57. The topological polar surface area (TPSA) is 40.5 Å². The number of benzene rings is 2. The first kappa shape index (κ1) is 15.5. The average molecular weight is 285 g/mol. The van der Waals surface area contributed by atoms with Crippen LogP contribution in [0.3, 0.4) is 0 Å². The minimum absolute atomic E-state index is 0.197. The van der Waals surface area contributed by atoms with Crippen molar-refractivity contribution >= 4 is 16.7 Å². The van der Waals surface area contributed by atoms with E-state index in [2.05, 4.69) is 55.1 Å². The molecule has 0 aliphatic heterocycles. The van der Waals surface area contributed by atoms with Gasteiger partial charge in [0.1, 0.15) is 0 Å². The average Bonchev–Trinajstić information content (AvgIpc) is 2.51. The van der Waals surface area contributed by atoms with E-state index < -0.39 is 5.97 Å². The Labute approximate surface area is 126 Å². The first-order valence-corrected chi connectivity index (χ1v) is 7.49. The third-order valence-electron chi connectivity index (χ3n) is 4.16. The number of aliphatic carboxylic acids is 1. The molecule has 21 heavy (non-hydrogen) atoms. The molecule has 0 aliphatic rings. The molecule has 1 N–H and O–H groups in total. The third kappa shape index (κ3) is 3.42. The van der Waals surface area contributed by atoms with Crippen LogP contribution in [-0.2, 0) is 4.79 Å². The van der Waals surface area contributed by atoms with Crippen molar-refractivity contribution in [2.75, 3.05) is 13.1 Å². The van der Waals surface area contributed by atoms with E-state index in [4.69, 9.17) is 5.11 Å². The van der Waals surface area contributed by atoms with Crippen LogP contribution in [0.4, 0.5) is 0 Å². The summed E-state index contributed by atoms with van der Waals surface area (Å²) >= 11 is 0. The quantitative estimate of drug-likeness (QED) is 0.874. The van der Waals surface area contributed by atoms with Gasteiger partial charge in [0.05, 0.1) is 5.92 Å². The molecule has 2 unspecified atom stereocenters. The molecule has 0 amide bonds. The molecule has 0 aliphatic carbocycles. The SMILES string of the molecule is CCN(CC(C)C(=O)O)C(C)c1cccc2ccccc12. The Hall–Kier alpha value is -1.87. The van der Waals surface area contributed by atoms with Crippen LogP contribution in [0.2, 0.25) is 0 Å². The van der Waals surface area contributed by atoms with E-state index in [0.717, 1.165) is 6.54 Å². The minimum atomic E-state index is -0.737. The van der Waals surface area contributed by atoms with Crippen molar-refractivity contribution in [2.24, 2.45) is 5.92 Å². The van der Waals surface area contributed by atoms with Gasteiger partial charge in [-0.05, 0) is 29.8 Å². The predicted octanol–water partition coefficient (Wildman–Crippen LogP) is 3.94. The van der Waals surface area contributed by atoms with Gasteiger partial charge in [-0.25, -0.2) is 0 Å². The summed E-state index contributed by atoms with van der Waals surface area (Å²) < 4.78 is 0. The van der Waals surface area contributed by atoms with E-state index in [-0.39, 0.29) is 12.0 Å². The van der Waals surface area contributed by atoms with Gasteiger partial charge in [0, 0.05) is 12.6 Å². The van der Waals surface area contributed by atoms with Crippen LogP contribution in [0.25, 0.3) is 10.8 Å². The Kier molecular flexibility index (Phi) is 4.97. The fraction of sp³-hybridized carbons (Fsp3) is 0.389. The van der Waals surface area contributed by atoms with Gasteiger partial charge < -0.3 is 5.11 Å². The standard InChI is InChI=1S/C18H23NO2/c1-4-19(12-13(2)18(20)21)14(3)16-11-7-9-15-8-5-6-10-17(15)16/h5-11,13-14H,4,12H2,1-3H3,(H,20,21). The predicted molar refractivity (Wildman–Crippen MR) is 86.4 cm³/mol. The zero-order valence-electron chi connectivity index (χ0n) is 12.9. The van der Waals surface area contributed by atoms with Crippen molar-refractivity contribution in [2.45, 2.75) is 26.8 Å². The van der Waals surface area contributed by atoms with Crippen LogP contribution < -0.4 is 0 Å². The lowest BCUT2D eigenvalue weighted by Crippen LogP contribution is -2.34. The van der Waals surface area contributed by atoms with Crippen LogP contribution in [0.5, 0.6) is 0 Å². The molecule has 0 aromatic heterocycles. The van der Waals surface area contributed by atoms with E-state index in [0.29, 0.717) is 6.54 Å². The molecule has 3 heteroatoms. The molecule has 2 aromatic rings. The maximum Gasteiger partial charge on any atom is 0.307 e. The normalized spacial score (nSPS) is 14.3. The van der Waals surface area contributed by atoms with Crippen LogP contribution in [-0.4, -0.2) is 29.1 Å². The molecule has 0 heterocycles. The van der Waals surface area contributed by atoms with Crippen molar-refractivity contribution in [1.82, 2.24) is 4.90 Å². The first-order chi connectivity index (χ1) is 10.0. The van der Waals surface area contributed by atoms with Crippen molar-refractivity contribution in [3.05, 3.63) is 48.0 Å². The number of carboxylic acids is 1. The summed E-state index contributed by atoms with van der Waals surface area (Å²) in [5.74, 6) is -1.10. The highest BCUT2D eigenvalue weighted by Crippen LogP contribution is 2.28. The molecule has 2 aromatic carbocycles. The Morgan fingerprint density at radius 1 is 1.14 bits per heavy atom. The van der Waals surface area contributed by atoms with E-state index in [9.17, 15) is 4.79 Å². The largest absolute Gasteiger partial charge is 0.481 e. The highest BCUT2D eigenvalue weighted by Gasteiger charge is 2.21. The van der Waals surface area contributed by atoms with E-state index in [1.54, 1.807) is 6.92 Å². The van der Waals surface area contributed by atoms with E-state index in [1.807, 2.05) is 6.07 Å². The van der Waals surface area contributed by atoms with Crippen LogP contribution in [0.1, 0.15) is 32.4 Å². The number of fused-ring (bicyclic) bond motifs is 1. The summed E-state index contributed by atoms with van der Waals surface area (Å²) in [5, 5.41) is 11.6. The number of nitrogens with zero attached hydrogens (tertiary/aromatic N) is 1. The molecule has 2 atom stereocenters. The summed E-state index contributed by atoms with van der Waals surface area (Å²) in [6, 6.07) is 14.9. The van der Waals surface area contributed by atoms with E-state index >= 15 is 0 Å². The third-order valence-corrected chi connectivity index (χ3v) is 4.16. The number of carbonyl (C=O) groups is 1. The summed E-state index contributed by atoms with van der Waals surface area (Å²) in [6.45, 7) is 7.40. The highest BCUT2D eigenvalue weighted by molar-refractivity contribution is 5.86. The lowest BCUT2D eigenvalue weighted by Gasteiger charge is -2.30. The molecule has 112 valence electrons. The number of rotatable bonds is 6. The minimum Gasteiger partial charge on any atom is -0.481 e. The summed E-state index contributed by atoms with van der Waals surface area (Å²) in [7, 11) is 0. The summed E-state index contributed by atoms with van der Waals surface area (Å²) in [4.78, 5) is 13.3. The smallest absolute Gasteiger partial charge is 0.307 e. The van der Waals surface area contributed by atoms with Crippen molar-refractivity contribution in [3.63, 3.8) is 0 Å². The highest BCUT2D eigenvalue weighted by atomic mass is 16.4. The molecule has 0 saturated heterocycles. The van der Waals surface area contributed by atoms with Crippen LogP contribution in [0, 0.1) is 5.92 Å². The maximum atomic E-state index is 11.1. The Morgan fingerprint density at radius 2 is 1.81 bits per heavy atom. The molecule has 0 spiro atoms. The molecule has 0 saturated carbocycles. The van der Waals surface area contributed by atoms with Gasteiger partial charge in [0.15, 0.2) is 0 Å². The van der Waals surface area contributed by atoms with Gasteiger partial charge >= 0.3 is 5.97 Å². The zero-order chi connectivity index (χ0) is 15.4. The molecule has 2 rings (SSSR count). The molecule has 0 fully saturated rings. The van der Waals surface area contributed by atoms with Crippen molar-refractivity contribution in [1.29, 1.82) is 0 Å². The molecule has 3 nitrogen and oxygen atoms in total. The zero-order valence-corrected chi connectivity index (χ0v) is 12.9. The summed E-state index contributed by atoms with van der Waals surface area (Å²) in [6.07, 6.45) is 0. The van der Waals surface area contributed by atoms with Gasteiger partial charge in [-0.15, -0.1) is 0 Å². The van der Waals surface area contributed by atoms with Crippen molar-refractivity contribution in [3.8, 4) is 0 Å². The van der Waals surface area contributed by atoms with Crippen LogP contribution >= 0.6 is 0 Å². The molecular weight excluding hydrogens is 262 g/mol. The fourth-order valence-corrected chi connectivity index (χ4v) is 2.80. The lowest BCUT2D eigenvalue weighted by atomic mass is 9.98. The monoisotopic (exact) mass is 285 g/mol. The Bertz CT molecular complexity index is 618. The second kappa shape index (κ2) is 6.72. The second-order valence-electron chi connectivity index (χ2n) is 5.57. The lowest BCUT2D eigenvalue weighted by molar-refractivity contribution is -0.141. The Balaban J connectivity index is 2.31. The summed E-state index contributed by atoms with van der Waals surface area (Å²) in [5.41, 5.74) is 1.26. The first-order valence-electron chi connectivity index (χ1n) is 7.49. The van der Waals surface area contributed by atoms with E-state index in [1.165, 1.54) is 16.3 Å².